The molecule has 0 aliphatic heterocycles. The second kappa shape index (κ2) is 5.48. The first kappa shape index (κ1) is 13.9. The molecule has 8 nitrogen and oxygen atoms in total. The molecule has 0 saturated heterocycles. The number of amides is 1. The summed E-state index contributed by atoms with van der Waals surface area (Å²) >= 11 is 0. The molecule has 100 valence electrons. The van der Waals surface area contributed by atoms with Crippen LogP contribution in [-0.2, 0) is 16.1 Å². The molecule has 18 heavy (non-hydrogen) atoms. The summed E-state index contributed by atoms with van der Waals surface area (Å²) < 4.78 is 6.29. The maximum absolute atomic E-state index is 11.5. The highest BCUT2D eigenvalue weighted by atomic mass is 16.6. The molecule has 0 spiro atoms. The molecule has 0 bridgehead atoms. The normalized spacial score (nSPS) is 12.8. The summed E-state index contributed by atoms with van der Waals surface area (Å²) in [5, 5.41) is 18.4. The lowest BCUT2D eigenvalue weighted by Crippen LogP contribution is -2.45. The number of hydrogen-bond acceptors (Lipinski definition) is 5. The molecule has 0 fully saturated rings. The van der Waals surface area contributed by atoms with Crippen LogP contribution in [-0.4, -0.2) is 43.8 Å². The van der Waals surface area contributed by atoms with E-state index in [1.54, 1.807) is 20.8 Å². The first-order valence-corrected chi connectivity index (χ1v) is 5.34. The number of hydrogen-bond donors (Lipinski definition) is 2. The Morgan fingerprint density at radius 1 is 1.50 bits per heavy atom. The van der Waals surface area contributed by atoms with E-state index in [2.05, 4.69) is 15.6 Å². The first-order valence-electron chi connectivity index (χ1n) is 5.34. The Balaban J connectivity index is 2.58. The predicted molar refractivity (Wildman–Crippen MR) is 60.8 cm³/mol. The average molecular weight is 256 g/mol. The zero-order valence-electron chi connectivity index (χ0n) is 10.5. The molecule has 1 rings (SSSR count). The zero-order valence-corrected chi connectivity index (χ0v) is 10.5. The maximum atomic E-state index is 11.5. The van der Waals surface area contributed by atoms with Gasteiger partial charge in [-0.1, -0.05) is 5.21 Å². The van der Waals surface area contributed by atoms with Crippen molar-refractivity contribution in [2.45, 2.75) is 39.0 Å². The van der Waals surface area contributed by atoms with Crippen LogP contribution in [0.25, 0.3) is 0 Å². The van der Waals surface area contributed by atoms with E-state index in [1.807, 2.05) is 0 Å². The van der Waals surface area contributed by atoms with Crippen LogP contribution in [0.15, 0.2) is 12.4 Å². The van der Waals surface area contributed by atoms with Gasteiger partial charge in [0.05, 0.1) is 12.7 Å². The number of aromatic nitrogens is 3. The molecule has 8 heteroatoms. The number of ether oxygens (including phenoxy) is 1. The highest BCUT2D eigenvalue weighted by Gasteiger charge is 2.24. The molecule has 1 atom stereocenters. The Kier molecular flexibility index (Phi) is 4.24. The summed E-state index contributed by atoms with van der Waals surface area (Å²) in [5.41, 5.74) is -0.680. The monoisotopic (exact) mass is 256 g/mol. The van der Waals surface area contributed by atoms with E-state index >= 15 is 0 Å². The summed E-state index contributed by atoms with van der Waals surface area (Å²) in [6, 6.07) is -1.12. The number of carboxylic acid groups (broad SMARTS) is 1. The molecule has 0 radical (unpaired) electrons. The fraction of sp³-hybridized carbons (Fsp3) is 0.600. The quantitative estimate of drug-likeness (QED) is 0.800. The summed E-state index contributed by atoms with van der Waals surface area (Å²) in [6.45, 7) is 5.06. The third kappa shape index (κ3) is 4.81. The number of carboxylic acids is 1. The van der Waals surface area contributed by atoms with Crippen molar-refractivity contribution >= 4 is 12.1 Å². The van der Waals surface area contributed by atoms with Crippen LogP contribution in [0.3, 0.4) is 0 Å². The topological polar surface area (TPSA) is 106 Å². The highest BCUT2D eigenvalue weighted by Crippen LogP contribution is 2.07. The second-order valence-corrected chi connectivity index (χ2v) is 4.66. The van der Waals surface area contributed by atoms with Crippen LogP contribution in [0.4, 0.5) is 4.79 Å². The lowest BCUT2D eigenvalue weighted by Gasteiger charge is -2.21. The molecule has 0 aliphatic carbocycles. The second-order valence-electron chi connectivity index (χ2n) is 4.66. The lowest BCUT2D eigenvalue weighted by atomic mass is 10.2. The molecule has 0 aromatic carbocycles. The van der Waals surface area contributed by atoms with Crippen molar-refractivity contribution in [3.8, 4) is 0 Å². The molecule has 1 unspecified atom stereocenters. The molecule has 1 heterocycles. The van der Waals surface area contributed by atoms with Gasteiger partial charge in [0.25, 0.3) is 0 Å². The van der Waals surface area contributed by atoms with Crippen LogP contribution in [0, 0.1) is 0 Å². The standard InChI is InChI=1S/C10H16N4O4/c1-10(2,3)18-9(17)12-7(8(15)16)6-14-5-4-11-13-14/h4-5,7H,6H2,1-3H3,(H,12,17)(H,15,16). The van der Waals surface area contributed by atoms with E-state index < -0.39 is 23.7 Å². The SMILES string of the molecule is CC(C)(C)OC(=O)NC(Cn1ccnn1)C(=O)O. The van der Waals surface area contributed by atoms with Crippen molar-refractivity contribution in [1.29, 1.82) is 0 Å². The number of nitrogens with one attached hydrogen (secondary N) is 1. The first-order chi connectivity index (χ1) is 8.28. The van der Waals surface area contributed by atoms with Crippen molar-refractivity contribution in [2.24, 2.45) is 0 Å². The van der Waals surface area contributed by atoms with Crippen molar-refractivity contribution in [3.63, 3.8) is 0 Å². The van der Waals surface area contributed by atoms with Gasteiger partial charge in [-0.3, -0.25) is 0 Å². The Bertz CT molecular complexity index is 410. The van der Waals surface area contributed by atoms with Crippen molar-refractivity contribution in [1.82, 2.24) is 20.3 Å². The molecule has 1 aromatic rings. The minimum absolute atomic E-state index is 0.0193. The van der Waals surface area contributed by atoms with Gasteiger partial charge in [0.2, 0.25) is 0 Å². The highest BCUT2D eigenvalue weighted by molar-refractivity contribution is 5.79. The van der Waals surface area contributed by atoms with Crippen LogP contribution in [0.2, 0.25) is 0 Å². The van der Waals surface area contributed by atoms with E-state index in [9.17, 15) is 9.59 Å². The van der Waals surface area contributed by atoms with E-state index in [4.69, 9.17) is 9.84 Å². The average Bonchev–Trinajstić information content (AvgIpc) is 2.66. The fourth-order valence-electron chi connectivity index (χ4n) is 1.15. The minimum atomic E-state index is -1.17. The molecular formula is C10H16N4O4. The van der Waals surface area contributed by atoms with Gasteiger partial charge in [-0.15, -0.1) is 5.10 Å². The van der Waals surface area contributed by atoms with Crippen LogP contribution < -0.4 is 5.32 Å². The van der Waals surface area contributed by atoms with Gasteiger partial charge in [0.1, 0.15) is 11.6 Å². The van der Waals surface area contributed by atoms with Crippen LogP contribution in [0.1, 0.15) is 20.8 Å². The molecule has 1 amide bonds. The predicted octanol–water partition coefficient (Wildman–Crippen LogP) is 0.256. The Morgan fingerprint density at radius 2 is 2.17 bits per heavy atom. The van der Waals surface area contributed by atoms with Crippen LogP contribution >= 0.6 is 0 Å². The molecule has 0 aliphatic rings. The minimum Gasteiger partial charge on any atom is -0.480 e. The number of aliphatic carboxylic acids is 1. The third-order valence-corrected chi connectivity index (χ3v) is 1.83. The number of carbonyl (C=O) groups is 2. The summed E-state index contributed by atoms with van der Waals surface area (Å²) in [7, 11) is 0. The van der Waals surface area contributed by atoms with Crippen molar-refractivity contribution < 1.29 is 19.4 Å². The molecule has 1 aromatic heterocycles. The Labute approximate surface area is 104 Å². The number of carbonyl (C=O) groups excluding carboxylic acids is 1. The molecule has 2 N–H and O–H groups in total. The Morgan fingerprint density at radius 3 is 2.61 bits per heavy atom. The zero-order chi connectivity index (χ0) is 13.8. The third-order valence-electron chi connectivity index (χ3n) is 1.83. The summed E-state index contributed by atoms with van der Waals surface area (Å²) in [6.07, 6.45) is 2.15. The van der Waals surface area contributed by atoms with Crippen molar-refractivity contribution in [3.05, 3.63) is 12.4 Å². The van der Waals surface area contributed by atoms with Gasteiger partial charge < -0.3 is 15.2 Å². The number of nitrogens with zero attached hydrogens (tertiary/aromatic N) is 3. The van der Waals surface area contributed by atoms with Gasteiger partial charge in [-0.2, -0.15) is 0 Å². The van der Waals surface area contributed by atoms with E-state index in [0.29, 0.717) is 0 Å². The van der Waals surface area contributed by atoms with E-state index in [-0.39, 0.29) is 6.54 Å². The molecule has 0 saturated carbocycles. The smallest absolute Gasteiger partial charge is 0.408 e. The maximum Gasteiger partial charge on any atom is 0.408 e. The van der Waals surface area contributed by atoms with Gasteiger partial charge in [0, 0.05) is 6.20 Å². The summed E-state index contributed by atoms with van der Waals surface area (Å²) in [5.74, 6) is -1.17. The van der Waals surface area contributed by atoms with Gasteiger partial charge in [0.15, 0.2) is 0 Å². The molecular weight excluding hydrogens is 240 g/mol. The van der Waals surface area contributed by atoms with Crippen molar-refractivity contribution in [2.75, 3.05) is 0 Å². The number of alkyl carbamates (subject to hydrolysis) is 1. The largest absolute Gasteiger partial charge is 0.480 e. The Hall–Kier alpha value is -2.12. The lowest BCUT2D eigenvalue weighted by molar-refractivity contribution is -0.139. The van der Waals surface area contributed by atoms with Gasteiger partial charge in [-0.25, -0.2) is 14.3 Å². The van der Waals surface area contributed by atoms with E-state index in [1.165, 1.54) is 17.1 Å². The number of rotatable bonds is 4. The van der Waals surface area contributed by atoms with Gasteiger partial charge in [-0.05, 0) is 20.8 Å². The van der Waals surface area contributed by atoms with Crippen LogP contribution in [0.5, 0.6) is 0 Å². The van der Waals surface area contributed by atoms with Gasteiger partial charge >= 0.3 is 12.1 Å². The van der Waals surface area contributed by atoms with E-state index in [0.717, 1.165) is 0 Å². The summed E-state index contributed by atoms with van der Waals surface area (Å²) in [4.78, 5) is 22.5. The fourth-order valence-corrected chi connectivity index (χ4v) is 1.15.